The van der Waals surface area contributed by atoms with Crippen LogP contribution in [-0.4, -0.2) is 5.91 Å². The molecule has 0 atom stereocenters. The van der Waals surface area contributed by atoms with E-state index >= 15 is 0 Å². The van der Waals surface area contributed by atoms with Gasteiger partial charge < -0.3 is 10.1 Å². The molecule has 3 rings (SSSR count). The Morgan fingerprint density at radius 1 is 1.06 bits per heavy atom. The smallest absolute Gasteiger partial charge is 0.266 e. The molecule has 1 amide bonds. The van der Waals surface area contributed by atoms with Gasteiger partial charge in [0.15, 0.2) is 0 Å². The summed E-state index contributed by atoms with van der Waals surface area (Å²) in [6.07, 6.45) is 1.49. The molecule has 0 aromatic heterocycles. The summed E-state index contributed by atoms with van der Waals surface area (Å²) in [4.78, 5) is 12.6. The lowest BCUT2D eigenvalue weighted by Gasteiger charge is -2.10. The number of carbonyl (C=O) groups is 1. The Labute approximate surface area is 191 Å². The number of halogens is 2. The van der Waals surface area contributed by atoms with Crippen LogP contribution in [0.25, 0.3) is 6.08 Å². The lowest BCUT2D eigenvalue weighted by molar-refractivity contribution is -0.112. The van der Waals surface area contributed by atoms with Crippen LogP contribution in [0.5, 0.6) is 5.75 Å². The SMILES string of the molecule is Cc1ccc(C)c(NC(=O)/C(C#N)=C/c2ccc(OCc3ccccc3Cl)c(Cl)c2)c1. The molecule has 3 aromatic rings. The summed E-state index contributed by atoms with van der Waals surface area (Å²) < 4.78 is 5.76. The van der Waals surface area contributed by atoms with Crippen molar-refractivity contribution in [2.24, 2.45) is 0 Å². The molecule has 0 heterocycles. The standard InChI is InChI=1S/C25H20Cl2N2O2/c1-16-7-8-17(2)23(11-16)29-25(30)20(14-28)12-18-9-10-24(22(27)13-18)31-15-19-5-3-4-6-21(19)26/h3-13H,15H2,1-2H3,(H,29,30)/b20-12+. The van der Waals surface area contributed by atoms with E-state index in [1.54, 1.807) is 24.3 Å². The zero-order valence-electron chi connectivity index (χ0n) is 17.1. The van der Waals surface area contributed by atoms with Crippen molar-refractivity contribution < 1.29 is 9.53 Å². The number of hydrogen-bond donors (Lipinski definition) is 1. The lowest BCUT2D eigenvalue weighted by atomic mass is 10.1. The summed E-state index contributed by atoms with van der Waals surface area (Å²) in [5.41, 5.74) is 4.04. The summed E-state index contributed by atoms with van der Waals surface area (Å²) in [7, 11) is 0. The number of nitrogens with one attached hydrogen (secondary N) is 1. The van der Waals surface area contributed by atoms with E-state index in [4.69, 9.17) is 27.9 Å². The first-order valence-electron chi connectivity index (χ1n) is 9.53. The van der Waals surface area contributed by atoms with Crippen LogP contribution < -0.4 is 10.1 Å². The molecule has 31 heavy (non-hydrogen) atoms. The predicted octanol–water partition coefficient (Wildman–Crippen LogP) is 6.73. The first-order valence-corrected chi connectivity index (χ1v) is 10.3. The molecule has 0 aliphatic rings. The van der Waals surface area contributed by atoms with E-state index in [1.807, 2.05) is 56.3 Å². The summed E-state index contributed by atoms with van der Waals surface area (Å²) >= 11 is 12.5. The van der Waals surface area contributed by atoms with Gasteiger partial charge in [-0.25, -0.2) is 0 Å². The third-order valence-corrected chi connectivity index (χ3v) is 5.28. The maximum atomic E-state index is 12.6. The fourth-order valence-electron chi connectivity index (χ4n) is 2.87. The van der Waals surface area contributed by atoms with Crippen molar-refractivity contribution in [1.29, 1.82) is 5.26 Å². The van der Waals surface area contributed by atoms with Crippen molar-refractivity contribution in [3.05, 3.63) is 98.5 Å². The van der Waals surface area contributed by atoms with Crippen molar-refractivity contribution in [2.75, 3.05) is 5.32 Å². The maximum absolute atomic E-state index is 12.6. The number of hydrogen-bond acceptors (Lipinski definition) is 3. The molecular weight excluding hydrogens is 431 g/mol. The third kappa shape index (κ3) is 5.88. The van der Waals surface area contributed by atoms with Gasteiger partial charge in [-0.3, -0.25) is 4.79 Å². The molecular formula is C25H20Cl2N2O2. The quantitative estimate of drug-likeness (QED) is 0.334. The minimum Gasteiger partial charge on any atom is -0.487 e. The normalized spacial score (nSPS) is 11.0. The van der Waals surface area contributed by atoms with Gasteiger partial charge in [-0.15, -0.1) is 0 Å². The Morgan fingerprint density at radius 3 is 2.55 bits per heavy atom. The number of amides is 1. The molecule has 1 N–H and O–H groups in total. The molecule has 0 radical (unpaired) electrons. The van der Waals surface area contributed by atoms with Crippen LogP contribution in [0.1, 0.15) is 22.3 Å². The van der Waals surface area contributed by atoms with Crippen molar-refractivity contribution in [3.63, 3.8) is 0 Å². The Bertz CT molecular complexity index is 1200. The number of anilines is 1. The van der Waals surface area contributed by atoms with Gasteiger partial charge in [0, 0.05) is 16.3 Å². The Balaban J connectivity index is 1.74. The summed E-state index contributed by atoms with van der Waals surface area (Å²) in [5, 5.41) is 13.2. The number of benzene rings is 3. The first kappa shape index (κ1) is 22.4. The molecule has 3 aromatic carbocycles. The van der Waals surface area contributed by atoms with E-state index in [1.165, 1.54) is 6.08 Å². The molecule has 0 saturated heterocycles. The van der Waals surface area contributed by atoms with Crippen LogP contribution in [-0.2, 0) is 11.4 Å². The number of carbonyl (C=O) groups excluding carboxylic acids is 1. The molecule has 0 saturated carbocycles. The minimum absolute atomic E-state index is 0.0262. The molecule has 0 unspecified atom stereocenters. The average molecular weight is 451 g/mol. The van der Waals surface area contributed by atoms with Gasteiger partial charge in [-0.05, 0) is 60.9 Å². The zero-order valence-corrected chi connectivity index (χ0v) is 18.6. The molecule has 0 fully saturated rings. The minimum atomic E-state index is -0.480. The van der Waals surface area contributed by atoms with Gasteiger partial charge in [0.25, 0.3) is 5.91 Å². The van der Waals surface area contributed by atoms with Gasteiger partial charge in [0.2, 0.25) is 0 Å². The Kier molecular flexibility index (Phi) is 7.36. The second kappa shape index (κ2) is 10.2. The van der Waals surface area contributed by atoms with E-state index in [9.17, 15) is 10.1 Å². The van der Waals surface area contributed by atoms with Gasteiger partial charge >= 0.3 is 0 Å². The van der Waals surface area contributed by atoms with Crippen molar-refractivity contribution in [3.8, 4) is 11.8 Å². The number of rotatable bonds is 6. The molecule has 4 nitrogen and oxygen atoms in total. The number of nitrogens with zero attached hydrogens (tertiary/aromatic N) is 1. The van der Waals surface area contributed by atoms with E-state index < -0.39 is 5.91 Å². The second-order valence-corrected chi connectivity index (χ2v) is 7.83. The monoisotopic (exact) mass is 450 g/mol. The Hall–Kier alpha value is -3.26. The number of nitriles is 1. The van der Waals surface area contributed by atoms with Crippen LogP contribution >= 0.6 is 23.2 Å². The Morgan fingerprint density at radius 2 is 1.84 bits per heavy atom. The highest BCUT2D eigenvalue weighted by Crippen LogP contribution is 2.28. The highest BCUT2D eigenvalue weighted by Gasteiger charge is 2.12. The summed E-state index contributed by atoms with van der Waals surface area (Å²) in [6.45, 7) is 4.11. The third-order valence-electron chi connectivity index (χ3n) is 4.61. The van der Waals surface area contributed by atoms with Crippen LogP contribution in [0, 0.1) is 25.2 Å². The molecule has 0 spiro atoms. The van der Waals surface area contributed by atoms with E-state index in [2.05, 4.69) is 5.32 Å². The van der Waals surface area contributed by atoms with Crippen molar-refractivity contribution in [1.82, 2.24) is 0 Å². The molecule has 0 bridgehead atoms. The van der Waals surface area contributed by atoms with E-state index in [0.29, 0.717) is 27.0 Å². The number of ether oxygens (including phenoxy) is 1. The van der Waals surface area contributed by atoms with Gasteiger partial charge in [0.1, 0.15) is 24.0 Å². The molecule has 156 valence electrons. The highest BCUT2D eigenvalue weighted by atomic mass is 35.5. The van der Waals surface area contributed by atoms with Crippen molar-refractivity contribution >= 4 is 40.9 Å². The van der Waals surface area contributed by atoms with Gasteiger partial charge in [0.05, 0.1) is 5.02 Å². The van der Waals surface area contributed by atoms with Crippen LogP contribution in [0.2, 0.25) is 10.0 Å². The topological polar surface area (TPSA) is 62.1 Å². The predicted molar refractivity (Wildman–Crippen MR) is 125 cm³/mol. The van der Waals surface area contributed by atoms with E-state index in [-0.39, 0.29) is 12.2 Å². The number of aryl methyl sites for hydroxylation is 2. The van der Waals surface area contributed by atoms with Crippen molar-refractivity contribution in [2.45, 2.75) is 20.5 Å². The van der Waals surface area contributed by atoms with Gasteiger partial charge in [-0.1, -0.05) is 59.6 Å². The second-order valence-electron chi connectivity index (χ2n) is 7.01. The summed E-state index contributed by atoms with van der Waals surface area (Å²) in [6, 6.07) is 20.2. The van der Waals surface area contributed by atoms with Gasteiger partial charge in [-0.2, -0.15) is 5.26 Å². The van der Waals surface area contributed by atoms with Crippen LogP contribution in [0.4, 0.5) is 5.69 Å². The fraction of sp³-hybridized carbons (Fsp3) is 0.120. The van der Waals surface area contributed by atoms with Crippen LogP contribution in [0.3, 0.4) is 0 Å². The fourth-order valence-corrected chi connectivity index (χ4v) is 3.30. The van der Waals surface area contributed by atoms with E-state index in [0.717, 1.165) is 16.7 Å². The summed E-state index contributed by atoms with van der Waals surface area (Å²) in [5.74, 6) is 0.00319. The van der Waals surface area contributed by atoms with Crippen LogP contribution in [0.15, 0.2) is 66.2 Å². The lowest BCUT2D eigenvalue weighted by Crippen LogP contribution is -2.14. The maximum Gasteiger partial charge on any atom is 0.266 e. The molecule has 6 heteroatoms. The highest BCUT2D eigenvalue weighted by molar-refractivity contribution is 6.32. The largest absolute Gasteiger partial charge is 0.487 e. The molecule has 0 aliphatic carbocycles. The zero-order chi connectivity index (χ0) is 22.4. The average Bonchev–Trinajstić information content (AvgIpc) is 2.75. The first-order chi connectivity index (χ1) is 14.9. The molecule has 0 aliphatic heterocycles.